The topological polar surface area (TPSA) is 39.2 Å². The molecule has 20 heavy (non-hydrogen) atoms. The normalized spacial score (nSPS) is 13.1. The summed E-state index contributed by atoms with van der Waals surface area (Å²) in [4.78, 5) is 3.16. The van der Waals surface area contributed by atoms with Crippen molar-refractivity contribution in [3.8, 4) is 17.2 Å². The monoisotopic (exact) mass is 304 g/mol. The van der Waals surface area contributed by atoms with E-state index in [1.165, 1.54) is 0 Å². The van der Waals surface area contributed by atoms with Crippen molar-refractivity contribution in [3.63, 3.8) is 0 Å². The van der Waals surface area contributed by atoms with Crippen LogP contribution in [0.25, 0.3) is 16.7 Å². The Balaban J connectivity index is 1.98. The van der Waals surface area contributed by atoms with Gasteiger partial charge in [-0.25, -0.2) is 0 Å². The summed E-state index contributed by atoms with van der Waals surface area (Å²) in [5.41, 5.74) is 2.80. The highest BCUT2D eigenvalue weighted by Crippen LogP contribution is 2.34. The van der Waals surface area contributed by atoms with E-state index in [1.54, 1.807) is 0 Å². The van der Waals surface area contributed by atoms with Gasteiger partial charge < -0.3 is 14.5 Å². The van der Waals surface area contributed by atoms with Gasteiger partial charge in [0.2, 0.25) is 6.79 Å². The summed E-state index contributed by atoms with van der Waals surface area (Å²) < 4.78 is 13.3. The molecule has 0 saturated carbocycles. The lowest BCUT2D eigenvalue weighted by Crippen LogP contribution is -1.94. The summed E-state index contributed by atoms with van der Waals surface area (Å²) in [6, 6.07) is 11.4. The highest BCUT2D eigenvalue weighted by atomic mass is 35.5. The average Bonchev–Trinajstić information content (AvgIpc) is 3.00. The van der Waals surface area contributed by atoms with E-state index in [2.05, 4.69) is 4.98 Å². The smallest absolute Gasteiger partial charge is 0.231 e. The third kappa shape index (κ3) is 1.71. The molecule has 0 atom stereocenters. The van der Waals surface area contributed by atoms with Crippen LogP contribution >= 0.6 is 23.8 Å². The van der Waals surface area contributed by atoms with E-state index in [0.29, 0.717) is 9.79 Å². The van der Waals surface area contributed by atoms with Crippen LogP contribution in [-0.2, 0) is 0 Å². The molecule has 0 aliphatic carbocycles. The minimum atomic E-state index is 0.258. The maximum Gasteiger partial charge on any atom is 0.231 e. The lowest BCUT2D eigenvalue weighted by atomic mass is 10.2. The molecule has 1 aromatic heterocycles. The van der Waals surface area contributed by atoms with E-state index in [-0.39, 0.29) is 6.79 Å². The Bertz CT molecular complexity index is 885. The van der Waals surface area contributed by atoms with Crippen LogP contribution in [0.15, 0.2) is 36.4 Å². The zero-order valence-corrected chi connectivity index (χ0v) is 11.8. The number of H-pyrrole nitrogens is 1. The first kappa shape index (κ1) is 11.8. The van der Waals surface area contributed by atoms with Gasteiger partial charge in [-0.15, -0.1) is 0 Å². The summed E-state index contributed by atoms with van der Waals surface area (Å²) in [6.07, 6.45) is 0. The second-order valence-corrected chi connectivity index (χ2v) is 5.29. The van der Waals surface area contributed by atoms with Crippen molar-refractivity contribution in [3.05, 3.63) is 46.2 Å². The van der Waals surface area contributed by atoms with E-state index in [0.717, 1.165) is 28.2 Å². The molecule has 2 heterocycles. The van der Waals surface area contributed by atoms with Gasteiger partial charge in [0.1, 0.15) is 0 Å². The molecule has 0 fully saturated rings. The molecule has 4 nitrogen and oxygen atoms in total. The fourth-order valence-electron chi connectivity index (χ4n) is 2.36. The number of ether oxygens (including phenoxy) is 2. The number of benzene rings is 2. The Morgan fingerprint density at radius 1 is 1.10 bits per heavy atom. The third-order valence-corrected chi connectivity index (χ3v) is 3.78. The van der Waals surface area contributed by atoms with Crippen molar-refractivity contribution in [1.82, 2.24) is 9.55 Å². The quantitative estimate of drug-likeness (QED) is 0.689. The zero-order valence-electron chi connectivity index (χ0n) is 10.2. The van der Waals surface area contributed by atoms with Gasteiger partial charge in [-0.3, -0.25) is 4.57 Å². The highest BCUT2D eigenvalue weighted by Gasteiger charge is 2.15. The molecule has 0 saturated heterocycles. The number of aromatic nitrogens is 2. The summed E-state index contributed by atoms with van der Waals surface area (Å²) in [6.45, 7) is 0.258. The third-order valence-electron chi connectivity index (χ3n) is 3.26. The molecule has 1 aliphatic rings. The van der Waals surface area contributed by atoms with Gasteiger partial charge in [0.15, 0.2) is 16.3 Å². The van der Waals surface area contributed by atoms with E-state index < -0.39 is 0 Å². The second-order valence-electron chi connectivity index (χ2n) is 4.46. The molecule has 6 heteroatoms. The summed E-state index contributed by atoms with van der Waals surface area (Å²) >= 11 is 11.4. The average molecular weight is 305 g/mol. The van der Waals surface area contributed by atoms with Gasteiger partial charge in [-0.2, -0.15) is 0 Å². The van der Waals surface area contributed by atoms with Crippen LogP contribution in [0.4, 0.5) is 0 Å². The van der Waals surface area contributed by atoms with Gasteiger partial charge in [-0.05, 0) is 42.5 Å². The standard InChI is InChI=1S/C14H9ClN2O2S/c15-8-1-3-11-10(5-8)16-14(20)17(11)9-2-4-12-13(6-9)19-7-18-12/h1-6H,7H2,(H,16,20). The number of aromatic amines is 1. The number of nitrogens with zero attached hydrogens (tertiary/aromatic N) is 1. The van der Waals surface area contributed by atoms with E-state index >= 15 is 0 Å². The van der Waals surface area contributed by atoms with Gasteiger partial charge in [-0.1, -0.05) is 11.6 Å². The highest BCUT2D eigenvalue weighted by molar-refractivity contribution is 7.71. The summed E-state index contributed by atoms with van der Waals surface area (Å²) in [5, 5.41) is 0.673. The summed E-state index contributed by atoms with van der Waals surface area (Å²) in [5.74, 6) is 1.48. The number of nitrogens with one attached hydrogen (secondary N) is 1. The molecule has 0 radical (unpaired) electrons. The molecular formula is C14H9ClN2O2S. The first-order valence-corrected chi connectivity index (χ1v) is 6.81. The SMILES string of the molecule is S=c1[nH]c2cc(Cl)ccc2n1-c1ccc2c(c1)OCO2. The minimum absolute atomic E-state index is 0.258. The van der Waals surface area contributed by atoms with Crippen molar-refractivity contribution in [1.29, 1.82) is 0 Å². The van der Waals surface area contributed by atoms with Crippen LogP contribution < -0.4 is 9.47 Å². The number of hydrogen-bond acceptors (Lipinski definition) is 3. The summed E-state index contributed by atoms with van der Waals surface area (Å²) in [7, 11) is 0. The molecule has 100 valence electrons. The van der Waals surface area contributed by atoms with Crippen LogP contribution in [0.3, 0.4) is 0 Å². The van der Waals surface area contributed by atoms with Gasteiger partial charge >= 0.3 is 0 Å². The maximum atomic E-state index is 6.00. The zero-order chi connectivity index (χ0) is 13.7. The fourth-order valence-corrected chi connectivity index (χ4v) is 2.85. The molecular weight excluding hydrogens is 296 g/mol. The van der Waals surface area contributed by atoms with Crippen LogP contribution in [0.5, 0.6) is 11.5 Å². The number of halogens is 1. The predicted molar refractivity (Wildman–Crippen MR) is 79.6 cm³/mol. The van der Waals surface area contributed by atoms with Crippen LogP contribution in [0.1, 0.15) is 0 Å². The first-order valence-electron chi connectivity index (χ1n) is 6.03. The van der Waals surface area contributed by atoms with Crippen LogP contribution in [0.2, 0.25) is 5.02 Å². The lowest BCUT2D eigenvalue weighted by Gasteiger charge is -2.05. The van der Waals surface area contributed by atoms with Crippen LogP contribution in [-0.4, -0.2) is 16.3 Å². The molecule has 3 aromatic rings. The Hall–Kier alpha value is -1.98. The van der Waals surface area contributed by atoms with E-state index in [9.17, 15) is 0 Å². The molecule has 1 N–H and O–H groups in total. The Morgan fingerprint density at radius 2 is 1.95 bits per heavy atom. The van der Waals surface area contributed by atoms with Crippen LogP contribution in [0, 0.1) is 4.77 Å². The molecule has 0 bridgehead atoms. The van der Waals surface area contributed by atoms with Crippen molar-refractivity contribution < 1.29 is 9.47 Å². The fraction of sp³-hybridized carbons (Fsp3) is 0.0714. The lowest BCUT2D eigenvalue weighted by molar-refractivity contribution is 0.174. The maximum absolute atomic E-state index is 6.00. The van der Waals surface area contributed by atoms with E-state index in [1.807, 2.05) is 41.0 Å². The molecule has 0 spiro atoms. The van der Waals surface area contributed by atoms with Gasteiger partial charge in [0.25, 0.3) is 0 Å². The molecule has 4 rings (SSSR count). The largest absolute Gasteiger partial charge is 0.454 e. The first-order chi connectivity index (χ1) is 9.72. The van der Waals surface area contributed by atoms with Crippen molar-refractivity contribution in [2.24, 2.45) is 0 Å². The Kier molecular flexibility index (Phi) is 2.52. The molecule has 2 aromatic carbocycles. The second kappa shape index (κ2) is 4.26. The molecule has 0 unspecified atom stereocenters. The number of imidazole rings is 1. The van der Waals surface area contributed by atoms with Gasteiger partial charge in [0, 0.05) is 11.1 Å². The minimum Gasteiger partial charge on any atom is -0.454 e. The number of hydrogen-bond donors (Lipinski definition) is 1. The Morgan fingerprint density at radius 3 is 2.85 bits per heavy atom. The number of fused-ring (bicyclic) bond motifs is 2. The molecule has 0 amide bonds. The predicted octanol–water partition coefficient (Wildman–Crippen LogP) is 4.07. The van der Waals surface area contributed by atoms with E-state index in [4.69, 9.17) is 33.3 Å². The Labute approximate surface area is 124 Å². The van der Waals surface area contributed by atoms with Crippen molar-refractivity contribution in [2.75, 3.05) is 6.79 Å². The van der Waals surface area contributed by atoms with Crippen molar-refractivity contribution in [2.45, 2.75) is 0 Å². The van der Waals surface area contributed by atoms with Gasteiger partial charge in [0.05, 0.1) is 16.7 Å². The molecule has 1 aliphatic heterocycles. The number of rotatable bonds is 1. The van der Waals surface area contributed by atoms with Crippen molar-refractivity contribution >= 4 is 34.9 Å².